The van der Waals surface area contributed by atoms with Gasteiger partial charge in [-0.2, -0.15) is 4.72 Å². The van der Waals surface area contributed by atoms with Crippen molar-refractivity contribution < 1.29 is 32.6 Å². The van der Waals surface area contributed by atoms with Crippen molar-refractivity contribution in [2.45, 2.75) is 23.3 Å². The first kappa shape index (κ1) is 21.1. The van der Waals surface area contributed by atoms with Crippen LogP contribution in [0.15, 0.2) is 53.4 Å². The third-order valence-corrected chi connectivity index (χ3v) is 6.19. The molecule has 0 atom stereocenters. The van der Waals surface area contributed by atoms with Crippen LogP contribution < -0.4 is 19.7 Å². The molecule has 9 nitrogen and oxygen atoms in total. The topological polar surface area (TPSA) is 123 Å². The molecule has 0 aliphatic carbocycles. The third-order valence-electron chi connectivity index (χ3n) is 4.64. The van der Waals surface area contributed by atoms with Gasteiger partial charge in [0.25, 0.3) is 5.91 Å². The number of hydrogen-bond donors (Lipinski definition) is 3. The van der Waals surface area contributed by atoms with Crippen LogP contribution in [0.4, 0.5) is 0 Å². The van der Waals surface area contributed by atoms with Gasteiger partial charge in [0.1, 0.15) is 22.8 Å². The number of rotatable bonds is 7. The molecule has 2 aromatic rings. The van der Waals surface area contributed by atoms with Crippen LogP contribution in [-0.2, 0) is 19.6 Å². The molecule has 1 aliphatic rings. The van der Waals surface area contributed by atoms with Gasteiger partial charge in [0.2, 0.25) is 10.0 Å². The van der Waals surface area contributed by atoms with E-state index in [2.05, 4.69) is 4.72 Å². The molecule has 0 unspecified atom stereocenters. The molecule has 3 rings (SSSR count). The molecule has 3 N–H and O–H groups in total. The summed E-state index contributed by atoms with van der Waals surface area (Å²) in [5.74, 6) is 0.894. The Morgan fingerprint density at radius 3 is 2.03 bits per heavy atom. The molecule has 1 aliphatic heterocycles. The molecule has 0 spiro atoms. The van der Waals surface area contributed by atoms with Crippen LogP contribution in [0.5, 0.6) is 17.2 Å². The number of methoxy groups -OCH3 is 1. The largest absolute Gasteiger partial charge is 0.497 e. The molecular formula is C19H22N2O7S. The van der Waals surface area contributed by atoms with Crippen LogP contribution in [-0.4, -0.2) is 45.4 Å². The quantitative estimate of drug-likeness (QED) is 0.459. The normalized spacial score (nSPS) is 16.1. The van der Waals surface area contributed by atoms with E-state index in [-0.39, 0.29) is 31.0 Å². The molecule has 0 aromatic heterocycles. The van der Waals surface area contributed by atoms with Crippen LogP contribution in [0.1, 0.15) is 12.8 Å². The highest BCUT2D eigenvalue weighted by molar-refractivity contribution is 7.89. The van der Waals surface area contributed by atoms with Crippen molar-refractivity contribution in [3.8, 4) is 17.2 Å². The van der Waals surface area contributed by atoms with Crippen molar-refractivity contribution in [2.24, 2.45) is 0 Å². The molecule has 29 heavy (non-hydrogen) atoms. The molecule has 156 valence electrons. The predicted molar refractivity (Wildman–Crippen MR) is 103 cm³/mol. The molecule has 1 saturated heterocycles. The summed E-state index contributed by atoms with van der Waals surface area (Å²) < 4.78 is 44.0. The number of carbonyl (C=O) groups excluding carboxylic acids is 1. The van der Waals surface area contributed by atoms with Gasteiger partial charge >= 0.3 is 0 Å². The number of hydroxylamine groups is 1. The first-order valence-electron chi connectivity index (χ1n) is 8.87. The lowest BCUT2D eigenvalue weighted by atomic mass is 9.91. The van der Waals surface area contributed by atoms with Gasteiger partial charge in [-0.25, -0.2) is 13.9 Å². The molecule has 0 saturated carbocycles. The maximum atomic E-state index is 12.8. The number of sulfonamides is 1. The average Bonchev–Trinajstić information content (AvgIpc) is 2.74. The first-order chi connectivity index (χ1) is 13.9. The van der Waals surface area contributed by atoms with E-state index in [1.165, 1.54) is 24.3 Å². The van der Waals surface area contributed by atoms with Crippen molar-refractivity contribution in [3.63, 3.8) is 0 Å². The monoisotopic (exact) mass is 422 g/mol. The number of amides is 1. The summed E-state index contributed by atoms with van der Waals surface area (Å²) in [6, 6.07) is 12.7. The lowest BCUT2D eigenvalue weighted by Crippen LogP contribution is -2.60. The number of nitrogens with one attached hydrogen (secondary N) is 2. The van der Waals surface area contributed by atoms with E-state index in [1.807, 2.05) is 0 Å². The lowest BCUT2D eigenvalue weighted by Gasteiger charge is -2.35. The fourth-order valence-corrected chi connectivity index (χ4v) is 4.41. The van der Waals surface area contributed by atoms with Gasteiger partial charge < -0.3 is 14.2 Å². The zero-order chi connectivity index (χ0) is 20.9. The maximum absolute atomic E-state index is 12.8. The van der Waals surface area contributed by atoms with E-state index in [0.29, 0.717) is 17.2 Å². The highest BCUT2D eigenvalue weighted by Gasteiger charge is 2.43. The van der Waals surface area contributed by atoms with Crippen LogP contribution in [0.25, 0.3) is 0 Å². The van der Waals surface area contributed by atoms with Crippen molar-refractivity contribution >= 4 is 15.9 Å². The zero-order valence-corrected chi connectivity index (χ0v) is 16.6. The van der Waals surface area contributed by atoms with Gasteiger partial charge in [-0.3, -0.25) is 10.0 Å². The average molecular weight is 422 g/mol. The minimum Gasteiger partial charge on any atom is -0.497 e. The van der Waals surface area contributed by atoms with E-state index in [4.69, 9.17) is 19.4 Å². The fourth-order valence-electron chi connectivity index (χ4n) is 2.99. The molecule has 10 heteroatoms. The lowest BCUT2D eigenvalue weighted by molar-refractivity contribution is -0.139. The van der Waals surface area contributed by atoms with Crippen LogP contribution in [0.3, 0.4) is 0 Å². The van der Waals surface area contributed by atoms with Crippen molar-refractivity contribution in [1.29, 1.82) is 0 Å². The summed E-state index contributed by atoms with van der Waals surface area (Å²) in [6.45, 7) is 0.398. The van der Waals surface area contributed by atoms with Crippen LogP contribution in [0, 0.1) is 0 Å². The Balaban J connectivity index is 1.75. The molecule has 0 bridgehead atoms. The first-order valence-corrected chi connectivity index (χ1v) is 10.4. The Bertz CT molecular complexity index is 938. The molecule has 0 radical (unpaired) electrons. The third kappa shape index (κ3) is 4.85. The summed E-state index contributed by atoms with van der Waals surface area (Å²) in [5.41, 5.74) is 0.0756. The van der Waals surface area contributed by atoms with E-state index in [1.54, 1.807) is 36.9 Å². The van der Waals surface area contributed by atoms with Crippen molar-refractivity contribution in [2.75, 3.05) is 20.3 Å². The second-order valence-electron chi connectivity index (χ2n) is 6.49. The summed E-state index contributed by atoms with van der Waals surface area (Å²) in [6.07, 6.45) is 0.217. The Labute approximate surface area is 168 Å². The highest BCUT2D eigenvalue weighted by Crippen LogP contribution is 2.27. The van der Waals surface area contributed by atoms with Crippen LogP contribution in [0.2, 0.25) is 0 Å². The summed E-state index contributed by atoms with van der Waals surface area (Å²) in [4.78, 5) is 12.1. The predicted octanol–water partition coefficient (Wildman–Crippen LogP) is 1.82. The van der Waals surface area contributed by atoms with E-state index >= 15 is 0 Å². The van der Waals surface area contributed by atoms with E-state index < -0.39 is 21.5 Å². The molecule has 2 aromatic carbocycles. The summed E-state index contributed by atoms with van der Waals surface area (Å²) >= 11 is 0. The minimum atomic E-state index is -4.02. The number of ether oxygens (including phenoxy) is 3. The standard InChI is InChI=1S/C19H22N2O7S/c1-26-14-2-4-15(5-3-14)28-16-6-8-17(9-7-16)29(24,25)21-19(18(22)20-23)10-12-27-13-11-19/h2-9,21,23H,10-13H2,1H3,(H,20,22). The second kappa shape index (κ2) is 8.78. The molecule has 1 heterocycles. The summed E-state index contributed by atoms with van der Waals surface area (Å²) in [7, 11) is -2.45. The smallest absolute Gasteiger partial charge is 0.264 e. The van der Waals surface area contributed by atoms with E-state index in [0.717, 1.165) is 0 Å². The number of hydrogen-bond acceptors (Lipinski definition) is 7. The highest BCUT2D eigenvalue weighted by atomic mass is 32.2. The van der Waals surface area contributed by atoms with Crippen molar-refractivity contribution in [1.82, 2.24) is 10.2 Å². The molecular weight excluding hydrogens is 400 g/mol. The van der Waals surface area contributed by atoms with Gasteiger partial charge in [-0.15, -0.1) is 0 Å². The van der Waals surface area contributed by atoms with Gasteiger partial charge in [0.15, 0.2) is 0 Å². The Morgan fingerprint density at radius 1 is 1.00 bits per heavy atom. The van der Waals surface area contributed by atoms with E-state index in [9.17, 15) is 13.2 Å². The fraction of sp³-hybridized carbons (Fsp3) is 0.316. The Morgan fingerprint density at radius 2 is 1.52 bits per heavy atom. The second-order valence-corrected chi connectivity index (χ2v) is 8.17. The van der Waals surface area contributed by atoms with Crippen LogP contribution >= 0.6 is 0 Å². The van der Waals surface area contributed by atoms with Gasteiger partial charge in [-0.05, 0) is 61.4 Å². The SMILES string of the molecule is COc1ccc(Oc2ccc(S(=O)(=O)NC3(C(=O)NO)CCOCC3)cc2)cc1. The number of benzene rings is 2. The van der Waals surface area contributed by atoms with Gasteiger partial charge in [0.05, 0.1) is 12.0 Å². The zero-order valence-electron chi connectivity index (χ0n) is 15.8. The Hall–Kier alpha value is -2.66. The minimum absolute atomic E-state index is 0.0313. The molecule has 1 amide bonds. The van der Waals surface area contributed by atoms with Gasteiger partial charge in [-0.1, -0.05) is 0 Å². The maximum Gasteiger partial charge on any atom is 0.264 e. The van der Waals surface area contributed by atoms with Gasteiger partial charge in [0, 0.05) is 13.2 Å². The molecule has 1 fully saturated rings. The number of carbonyl (C=O) groups is 1. The summed E-state index contributed by atoms with van der Waals surface area (Å²) in [5, 5.41) is 9.03. The van der Waals surface area contributed by atoms with Crippen molar-refractivity contribution in [3.05, 3.63) is 48.5 Å². The Kier molecular flexibility index (Phi) is 6.38.